The van der Waals surface area contributed by atoms with Crippen LogP contribution >= 0.6 is 0 Å². The van der Waals surface area contributed by atoms with E-state index in [1.54, 1.807) is 18.3 Å². The lowest BCUT2D eigenvalue weighted by Crippen LogP contribution is -2.10. The highest BCUT2D eigenvalue weighted by molar-refractivity contribution is 5.88. The van der Waals surface area contributed by atoms with Crippen molar-refractivity contribution in [2.24, 2.45) is 0 Å². The van der Waals surface area contributed by atoms with Crippen molar-refractivity contribution >= 4 is 11.8 Å². The predicted molar refractivity (Wildman–Crippen MR) is 81.7 cm³/mol. The molecular formula is C16H19N3O2. The molecule has 5 heteroatoms. The first-order valence-corrected chi connectivity index (χ1v) is 6.94. The Bertz CT molecular complexity index is 612. The minimum atomic E-state index is -0.936. The summed E-state index contributed by atoms with van der Waals surface area (Å²) in [4.78, 5) is 19.7. The van der Waals surface area contributed by atoms with Gasteiger partial charge in [-0.1, -0.05) is 19.9 Å². The number of anilines is 1. The standard InChI is InChI=1S/C16H19N3O2/c1-11(2)14-8-13(16(20)21)9-15(19-14)18-7-5-12-4-3-6-17-10-12/h3-4,6,8-11H,5,7H2,1-2H3,(H,18,19)(H,20,21). The number of rotatable bonds is 6. The Morgan fingerprint density at radius 2 is 2.19 bits per heavy atom. The van der Waals surface area contributed by atoms with Crippen LogP contribution in [0.25, 0.3) is 0 Å². The van der Waals surface area contributed by atoms with Crippen molar-refractivity contribution in [3.63, 3.8) is 0 Å². The molecule has 0 radical (unpaired) electrons. The second-order valence-electron chi connectivity index (χ2n) is 5.16. The zero-order chi connectivity index (χ0) is 15.2. The topological polar surface area (TPSA) is 75.1 Å². The Hall–Kier alpha value is -2.43. The number of hydrogen-bond donors (Lipinski definition) is 2. The minimum Gasteiger partial charge on any atom is -0.478 e. The van der Waals surface area contributed by atoms with Crippen molar-refractivity contribution in [3.05, 3.63) is 53.5 Å². The van der Waals surface area contributed by atoms with Gasteiger partial charge in [0.05, 0.1) is 5.56 Å². The molecule has 0 amide bonds. The smallest absolute Gasteiger partial charge is 0.335 e. The fourth-order valence-corrected chi connectivity index (χ4v) is 1.94. The molecule has 0 unspecified atom stereocenters. The molecule has 21 heavy (non-hydrogen) atoms. The predicted octanol–water partition coefficient (Wildman–Crippen LogP) is 2.95. The first-order chi connectivity index (χ1) is 10.1. The van der Waals surface area contributed by atoms with Crippen molar-refractivity contribution < 1.29 is 9.90 Å². The third-order valence-corrected chi connectivity index (χ3v) is 3.13. The third-order valence-electron chi connectivity index (χ3n) is 3.13. The Labute approximate surface area is 124 Å². The lowest BCUT2D eigenvalue weighted by molar-refractivity contribution is 0.0696. The summed E-state index contributed by atoms with van der Waals surface area (Å²) in [5.41, 5.74) is 2.17. The first kappa shape index (κ1) is 15.0. The molecule has 110 valence electrons. The Balaban J connectivity index is 2.06. The fourth-order valence-electron chi connectivity index (χ4n) is 1.94. The van der Waals surface area contributed by atoms with Crippen LogP contribution in [0.2, 0.25) is 0 Å². The van der Waals surface area contributed by atoms with E-state index in [1.165, 1.54) is 0 Å². The van der Waals surface area contributed by atoms with E-state index in [4.69, 9.17) is 5.11 Å². The molecule has 0 aliphatic rings. The van der Waals surface area contributed by atoms with Gasteiger partial charge in [-0.15, -0.1) is 0 Å². The van der Waals surface area contributed by atoms with E-state index in [9.17, 15) is 4.79 Å². The minimum absolute atomic E-state index is 0.183. The lowest BCUT2D eigenvalue weighted by atomic mass is 10.1. The first-order valence-electron chi connectivity index (χ1n) is 6.94. The van der Waals surface area contributed by atoms with Gasteiger partial charge in [-0.05, 0) is 36.1 Å². The molecular weight excluding hydrogens is 266 g/mol. The quantitative estimate of drug-likeness (QED) is 0.853. The molecule has 0 aliphatic heterocycles. The average Bonchev–Trinajstić information content (AvgIpc) is 2.48. The molecule has 2 aromatic heterocycles. The number of carboxylic acid groups (broad SMARTS) is 1. The fraction of sp³-hybridized carbons (Fsp3) is 0.312. The molecule has 0 saturated carbocycles. The van der Waals surface area contributed by atoms with Crippen LogP contribution in [0.3, 0.4) is 0 Å². The number of carbonyl (C=O) groups is 1. The molecule has 2 N–H and O–H groups in total. The molecule has 0 bridgehead atoms. The maximum absolute atomic E-state index is 11.2. The second kappa shape index (κ2) is 6.83. The second-order valence-corrected chi connectivity index (χ2v) is 5.16. The van der Waals surface area contributed by atoms with Crippen molar-refractivity contribution in [2.75, 3.05) is 11.9 Å². The highest BCUT2D eigenvalue weighted by atomic mass is 16.4. The maximum Gasteiger partial charge on any atom is 0.335 e. The number of carboxylic acids is 1. The van der Waals surface area contributed by atoms with Crippen molar-refractivity contribution in [2.45, 2.75) is 26.2 Å². The van der Waals surface area contributed by atoms with E-state index >= 15 is 0 Å². The van der Waals surface area contributed by atoms with Crippen LogP contribution in [0, 0.1) is 0 Å². The SMILES string of the molecule is CC(C)c1cc(C(=O)O)cc(NCCc2cccnc2)n1. The molecule has 0 saturated heterocycles. The van der Waals surface area contributed by atoms with Gasteiger partial charge in [-0.2, -0.15) is 0 Å². The van der Waals surface area contributed by atoms with Gasteiger partial charge in [0.25, 0.3) is 0 Å². The summed E-state index contributed by atoms with van der Waals surface area (Å²) < 4.78 is 0. The van der Waals surface area contributed by atoms with E-state index in [0.717, 1.165) is 17.7 Å². The average molecular weight is 285 g/mol. The summed E-state index contributed by atoms with van der Waals surface area (Å²) in [6.07, 6.45) is 4.37. The van der Waals surface area contributed by atoms with Crippen LogP contribution in [0.5, 0.6) is 0 Å². The van der Waals surface area contributed by atoms with Crippen LogP contribution in [-0.4, -0.2) is 27.6 Å². The Morgan fingerprint density at radius 3 is 2.81 bits per heavy atom. The molecule has 0 aliphatic carbocycles. The summed E-state index contributed by atoms with van der Waals surface area (Å²) >= 11 is 0. The normalized spacial score (nSPS) is 10.6. The van der Waals surface area contributed by atoms with Gasteiger partial charge in [0.15, 0.2) is 0 Å². The number of nitrogens with one attached hydrogen (secondary N) is 1. The summed E-state index contributed by atoms with van der Waals surface area (Å²) in [5.74, 6) is -0.153. The highest BCUT2D eigenvalue weighted by Gasteiger charge is 2.10. The van der Waals surface area contributed by atoms with Gasteiger partial charge in [0.2, 0.25) is 0 Å². The Kier molecular flexibility index (Phi) is 4.87. The molecule has 2 heterocycles. The van der Waals surface area contributed by atoms with Crippen molar-refractivity contribution in [1.82, 2.24) is 9.97 Å². The van der Waals surface area contributed by atoms with Gasteiger partial charge in [-0.3, -0.25) is 4.98 Å². The molecule has 0 atom stereocenters. The summed E-state index contributed by atoms with van der Waals surface area (Å²) in [5, 5.41) is 12.3. The number of nitrogens with zero attached hydrogens (tertiary/aromatic N) is 2. The lowest BCUT2D eigenvalue weighted by Gasteiger charge is -2.11. The molecule has 5 nitrogen and oxygen atoms in total. The van der Waals surface area contributed by atoms with Crippen molar-refractivity contribution in [1.29, 1.82) is 0 Å². The summed E-state index contributed by atoms with van der Waals surface area (Å²) in [6.45, 7) is 4.67. The van der Waals surface area contributed by atoms with Gasteiger partial charge in [-0.25, -0.2) is 9.78 Å². The monoisotopic (exact) mass is 285 g/mol. The van der Waals surface area contributed by atoms with Gasteiger partial charge < -0.3 is 10.4 Å². The summed E-state index contributed by atoms with van der Waals surface area (Å²) in [7, 11) is 0. The van der Waals surface area contributed by atoms with Crippen LogP contribution < -0.4 is 5.32 Å². The highest BCUT2D eigenvalue weighted by Crippen LogP contribution is 2.17. The van der Waals surface area contributed by atoms with E-state index in [2.05, 4.69) is 15.3 Å². The number of aromatic nitrogens is 2. The number of hydrogen-bond acceptors (Lipinski definition) is 4. The summed E-state index contributed by atoms with van der Waals surface area (Å²) in [6, 6.07) is 7.10. The molecule has 0 fully saturated rings. The van der Waals surface area contributed by atoms with E-state index in [0.29, 0.717) is 12.4 Å². The van der Waals surface area contributed by atoms with Crippen LogP contribution in [0.15, 0.2) is 36.7 Å². The zero-order valence-electron chi connectivity index (χ0n) is 12.2. The van der Waals surface area contributed by atoms with Crippen LogP contribution in [-0.2, 0) is 6.42 Å². The third kappa shape index (κ3) is 4.27. The van der Waals surface area contributed by atoms with Crippen LogP contribution in [0.1, 0.15) is 41.4 Å². The molecule has 2 rings (SSSR count). The molecule has 0 spiro atoms. The number of aromatic carboxylic acids is 1. The largest absolute Gasteiger partial charge is 0.478 e. The van der Waals surface area contributed by atoms with Crippen LogP contribution in [0.4, 0.5) is 5.82 Å². The zero-order valence-corrected chi connectivity index (χ0v) is 12.2. The van der Waals surface area contributed by atoms with Gasteiger partial charge in [0, 0.05) is 24.6 Å². The van der Waals surface area contributed by atoms with E-state index in [-0.39, 0.29) is 11.5 Å². The van der Waals surface area contributed by atoms with E-state index in [1.807, 2.05) is 32.2 Å². The maximum atomic E-state index is 11.2. The number of pyridine rings is 2. The molecule has 2 aromatic rings. The van der Waals surface area contributed by atoms with Gasteiger partial charge in [0.1, 0.15) is 5.82 Å². The molecule has 0 aromatic carbocycles. The van der Waals surface area contributed by atoms with E-state index < -0.39 is 5.97 Å². The van der Waals surface area contributed by atoms with Gasteiger partial charge >= 0.3 is 5.97 Å². The Morgan fingerprint density at radius 1 is 1.38 bits per heavy atom. The van der Waals surface area contributed by atoms with Crippen molar-refractivity contribution in [3.8, 4) is 0 Å².